The molecule has 4 heteroatoms. The zero-order valence-corrected chi connectivity index (χ0v) is 13.8. The molecule has 0 unspecified atom stereocenters. The molecule has 0 aliphatic rings. The van der Waals surface area contributed by atoms with Gasteiger partial charge in [-0.1, -0.05) is 64.5 Å². The number of benzene rings is 2. The molecule has 0 aliphatic heterocycles. The zero-order chi connectivity index (χ0) is 14.7. The van der Waals surface area contributed by atoms with Crippen LogP contribution in [0, 0.1) is 0 Å². The number of nitrogens with two attached hydrogens (primary N) is 1. The van der Waals surface area contributed by atoms with Crippen molar-refractivity contribution in [1.82, 2.24) is 4.98 Å². The van der Waals surface area contributed by atoms with Gasteiger partial charge in [-0.3, -0.25) is 0 Å². The summed E-state index contributed by atoms with van der Waals surface area (Å²) in [5.41, 5.74) is 9.27. The predicted molar refractivity (Wildman–Crippen MR) is 92.4 cm³/mol. The monoisotopic (exact) mass is 358 g/mol. The van der Waals surface area contributed by atoms with Crippen molar-refractivity contribution in [2.24, 2.45) is 5.73 Å². The summed E-state index contributed by atoms with van der Waals surface area (Å²) in [4.78, 5) is 5.89. The first kappa shape index (κ1) is 14.4. The van der Waals surface area contributed by atoms with E-state index in [2.05, 4.69) is 46.3 Å². The fraction of sp³-hybridized carbons (Fsp3) is 0.118. The Kier molecular flexibility index (Phi) is 4.48. The van der Waals surface area contributed by atoms with Gasteiger partial charge >= 0.3 is 0 Å². The van der Waals surface area contributed by atoms with Gasteiger partial charge in [0.1, 0.15) is 0 Å². The lowest BCUT2D eigenvalue weighted by Gasteiger charge is -2.00. The van der Waals surface area contributed by atoms with Gasteiger partial charge in [0, 0.05) is 17.4 Å². The Bertz CT molecular complexity index is 738. The van der Waals surface area contributed by atoms with E-state index >= 15 is 0 Å². The van der Waals surface area contributed by atoms with Crippen LogP contribution in [0.3, 0.4) is 0 Å². The molecule has 3 rings (SSSR count). The fourth-order valence-electron chi connectivity index (χ4n) is 2.23. The molecular formula is C17H15BrN2S. The summed E-state index contributed by atoms with van der Waals surface area (Å²) in [5, 5.41) is 1.10. The highest BCUT2D eigenvalue weighted by atomic mass is 79.9. The van der Waals surface area contributed by atoms with Crippen molar-refractivity contribution < 1.29 is 0 Å². The van der Waals surface area contributed by atoms with Crippen LogP contribution in [0.25, 0.3) is 10.4 Å². The van der Waals surface area contributed by atoms with Gasteiger partial charge in [-0.05, 0) is 17.2 Å². The Morgan fingerprint density at radius 2 is 1.71 bits per heavy atom. The molecule has 2 N–H and O–H groups in total. The van der Waals surface area contributed by atoms with E-state index in [4.69, 9.17) is 10.7 Å². The first-order valence-electron chi connectivity index (χ1n) is 6.75. The number of nitrogens with zero attached hydrogens (tertiary/aromatic N) is 1. The van der Waals surface area contributed by atoms with Crippen LogP contribution in [0.1, 0.15) is 16.3 Å². The lowest BCUT2D eigenvalue weighted by molar-refractivity contribution is 0.983. The molecule has 0 saturated carbocycles. The molecule has 0 spiro atoms. The highest BCUT2D eigenvalue weighted by molar-refractivity contribution is 9.10. The van der Waals surface area contributed by atoms with Crippen molar-refractivity contribution in [3.8, 4) is 10.4 Å². The second-order valence-electron chi connectivity index (χ2n) is 4.72. The van der Waals surface area contributed by atoms with E-state index in [1.54, 1.807) is 11.3 Å². The molecule has 2 nitrogen and oxygen atoms in total. The smallest absolute Gasteiger partial charge is 0.0979 e. The highest BCUT2D eigenvalue weighted by Crippen LogP contribution is 2.32. The zero-order valence-electron chi connectivity index (χ0n) is 11.4. The van der Waals surface area contributed by atoms with Crippen molar-refractivity contribution in [3.05, 3.63) is 75.3 Å². The molecule has 0 bridgehead atoms. The minimum absolute atomic E-state index is 0.469. The molecule has 0 saturated heterocycles. The van der Waals surface area contributed by atoms with Gasteiger partial charge in [0.2, 0.25) is 0 Å². The number of thiazole rings is 1. The quantitative estimate of drug-likeness (QED) is 0.738. The average molecular weight is 359 g/mol. The first-order chi connectivity index (χ1) is 10.3. The summed E-state index contributed by atoms with van der Waals surface area (Å²) in [7, 11) is 0. The number of aromatic nitrogens is 1. The van der Waals surface area contributed by atoms with Gasteiger partial charge in [-0.25, -0.2) is 4.98 Å². The minimum Gasteiger partial charge on any atom is -0.325 e. The van der Waals surface area contributed by atoms with E-state index in [0.29, 0.717) is 6.54 Å². The van der Waals surface area contributed by atoms with Crippen molar-refractivity contribution in [1.29, 1.82) is 0 Å². The predicted octanol–water partition coefficient (Wildman–Crippen LogP) is 4.62. The van der Waals surface area contributed by atoms with Crippen molar-refractivity contribution in [2.75, 3.05) is 0 Å². The molecule has 2 aromatic carbocycles. The van der Waals surface area contributed by atoms with Crippen LogP contribution in [-0.2, 0) is 13.0 Å². The Morgan fingerprint density at radius 1 is 1.00 bits per heavy atom. The molecule has 21 heavy (non-hydrogen) atoms. The maximum atomic E-state index is 5.86. The SMILES string of the molecule is NCc1nc(Cc2ccccc2Br)sc1-c1ccccc1. The van der Waals surface area contributed by atoms with E-state index in [0.717, 1.165) is 21.6 Å². The maximum absolute atomic E-state index is 5.86. The largest absolute Gasteiger partial charge is 0.325 e. The topological polar surface area (TPSA) is 38.9 Å². The molecule has 0 radical (unpaired) electrons. The Morgan fingerprint density at radius 3 is 2.43 bits per heavy atom. The average Bonchev–Trinajstić information content (AvgIpc) is 2.93. The van der Waals surface area contributed by atoms with Crippen molar-refractivity contribution in [3.63, 3.8) is 0 Å². The van der Waals surface area contributed by atoms with Crippen LogP contribution >= 0.6 is 27.3 Å². The van der Waals surface area contributed by atoms with Crippen molar-refractivity contribution in [2.45, 2.75) is 13.0 Å². The van der Waals surface area contributed by atoms with Gasteiger partial charge in [-0.15, -0.1) is 11.3 Å². The molecule has 0 atom stereocenters. The van der Waals surface area contributed by atoms with Crippen LogP contribution in [0.15, 0.2) is 59.1 Å². The van der Waals surface area contributed by atoms with E-state index in [9.17, 15) is 0 Å². The molecule has 0 fully saturated rings. The second-order valence-corrected chi connectivity index (χ2v) is 6.66. The first-order valence-corrected chi connectivity index (χ1v) is 8.36. The molecule has 0 amide bonds. The lowest BCUT2D eigenvalue weighted by Crippen LogP contribution is -1.99. The van der Waals surface area contributed by atoms with Gasteiger partial charge in [0.15, 0.2) is 0 Å². The summed E-state index contributed by atoms with van der Waals surface area (Å²) in [6.45, 7) is 0.469. The van der Waals surface area contributed by atoms with Crippen LogP contribution in [0.4, 0.5) is 0 Å². The molecule has 1 aromatic heterocycles. The maximum Gasteiger partial charge on any atom is 0.0979 e. The molecular weight excluding hydrogens is 344 g/mol. The summed E-state index contributed by atoms with van der Waals surface area (Å²) >= 11 is 5.32. The third-order valence-electron chi connectivity index (χ3n) is 3.27. The van der Waals surface area contributed by atoms with Crippen LogP contribution in [-0.4, -0.2) is 4.98 Å². The van der Waals surface area contributed by atoms with E-state index in [1.807, 2.05) is 24.3 Å². The standard InChI is InChI=1S/C17H15BrN2S/c18-14-9-5-4-8-13(14)10-16-20-15(11-19)17(21-16)12-6-2-1-3-7-12/h1-9H,10-11,19H2. The Labute approximate surface area is 136 Å². The van der Waals surface area contributed by atoms with Gasteiger partial charge in [-0.2, -0.15) is 0 Å². The molecule has 3 aromatic rings. The minimum atomic E-state index is 0.469. The fourth-order valence-corrected chi connectivity index (χ4v) is 3.78. The summed E-state index contributed by atoms with van der Waals surface area (Å²) in [6.07, 6.45) is 0.825. The normalized spacial score (nSPS) is 10.8. The molecule has 1 heterocycles. The van der Waals surface area contributed by atoms with Gasteiger partial charge in [0.05, 0.1) is 15.6 Å². The third-order valence-corrected chi connectivity index (χ3v) is 5.19. The summed E-state index contributed by atoms with van der Waals surface area (Å²) < 4.78 is 1.12. The van der Waals surface area contributed by atoms with Crippen molar-refractivity contribution >= 4 is 27.3 Å². The Balaban J connectivity index is 1.95. The van der Waals surface area contributed by atoms with E-state index < -0.39 is 0 Å². The lowest BCUT2D eigenvalue weighted by atomic mass is 10.1. The van der Waals surface area contributed by atoms with E-state index in [1.165, 1.54) is 16.0 Å². The van der Waals surface area contributed by atoms with Crippen LogP contribution in [0.2, 0.25) is 0 Å². The van der Waals surface area contributed by atoms with Crippen LogP contribution < -0.4 is 5.73 Å². The third kappa shape index (κ3) is 3.23. The Hall–Kier alpha value is -1.49. The van der Waals surface area contributed by atoms with Gasteiger partial charge in [0.25, 0.3) is 0 Å². The molecule has 106 valence electrons. The van der Waals surface area contributed by atoms with Gasteiger partial charge < -0.3 is 5.73 Å². The summed E-state index contributed by atoms with van der Waals surface area (Å²) in [5.74, 6) is 0. The second kappa shape index (κ2) is 6.52. The number of hydrogen-bond donors (Lipinski definition) is 1. The highest BCUT2D eigenvalue weighted by Gasteiger charge is 2.12. The van der Waals surface area contributed by atoms with Crippen LogP contribution in [0.5, 0.6) is 0 Å². The summed E-state index contributed by atoms with van der Waals surface area (Å²) in [6, 6.07) is 18.6. The number of rotatable bonds is 4. The van der Waals surface area contributed by atoms with E-state index in [-0.39, 0.29) is 0 Å². The molecule has 0 aliphatic carbocycles. The number of hydrogen-bond acceptors (Lipinski definition) is 3. The number of halogens is 1.